The summed E-state index contributed by atoms with van der Waals surface area (Å²) < 4.78 is 5.47. The summed E-state index contributed by atoms with van der Waals surface area (Å²) in [5, 5.41) is 15.6. The number of rotatable bonds is 4. The SMILES string of the molecule is NC(=O)NN=Cc1cccc2c(-c3ccccc3)c([N+](=O)[O-])oc12. The van der Waals surface area contributed by atoms with Gasteiger partial charge in [-0.3, -0.25) is 10.1 Å². The van der Waals surface area contributed by atoms with Crippen LogP contribution >= 0.6 is 0 Å². The molecule has 24 heavy (non-hydrogen) atoms. The molecule has 8 nitrogen and oxygen atoms in total. The van der Waals surface area contributed by atoms with Gasteiger partial charge < -0.3 is 10.2 Å². The van der Waals surface area contributed by atoms with Crippen LogP contribution in [-0.4, -0.2) is 17.2 Å². The lowest BCUT2D eigenvalue weighted by Gasteiger charge is -1.98. The molecule has 0 saturated heterocycles. The molecule has 2 aromatic carbocycles. The summed E-state index contributed by atoms with van der Waals surface area (Å²) in [7, 11) is 0. The molecule has 1 aromatic heterocycles. The van der Waals surface area contributed by atoms with Crippen LogP contribution in [-0.2, 0) is 0 Å². The zero-order valence-electron chi connectivity index (χ0n) is 12.3. The van der Waals surface area contributed by atoms with Crippen LogP contribution in [0.4, 0.5) is 10.7 Å². The average Bonchev–Trinajstić information content (AvgIpc) is 2.96. The number of nitrogens with zero attached hydrogens (tertiary/aromatic N) is 2. The first-order valence-electron chi connectivity index (χ1n) is 6.91. The van der Waals surface area contributed by atoms with E-state index in [9.17, 15) is 14.9 Å². The molecule has 0 aliphatic rings. The summed E-state index contributed by atoms with van der Waals surface area (Å²) >= 11 is 0. The molecule has 3 aromatic rings. The van der Waals surface area contributed by atoms with E-state index in [-0.39, 0.29) is 5.88 Å². The summed E-state index contributed by atoms with van der Waals surface area (Å²) in [5.74, 6) is -0.347. The number of para-hydroxylation sites is 1. The smallest absolute Gasteiger partial charge is 0.399 e. The van der Waals surface area contributed by atoms with Crippen molar-refractivity contribution in [2.45, 2.75) is 0 Å². The van der Waals surface area contributed by atoms with Crippen molar-refractivity contribution in [1.29, 1.82) is 0 Å². The van der Waals surface area contributed by atoms with E-state index in [4.69, 9.17) is 10.2 Å². The van der Waals surface area contributed by atoms with Crippen LogP contribution in [0.15, 0.2) is 58.0 Å². The summed E-state index contributed by atoms with van der Waals surface area (Å²) in [6.45, 7) is 0. The van der Waals surface area contributed by atoms with Crippen molar-refractivity contribution in [2.24, 2.45) is 10.8 Å². The van der Waals surface area contributed by atoms with Crippen LogP contribution in [0.2, 0.25) is 0 Å². The molecule has 0 saturated carbocycles. The Morgan fingerprint density at radius 2 is 1.96 bits per heavy atom. The number of nitro groups is 1. The number of primary amides is 1. The fourth-order valence-corrected chi connectivity index (χ4v) is 2.41. The van der Waals surface area contributed by atoms with Gasteiger partial charge in [0.15, 0.2) is 5.58 Å². The van der Waals surface area contributed by atoms with Crippen molar-refractivity contribution in [1.82, 2.24) is 5.43 Å². The van der Waals surface area contributed by atoms with Crippen LogP contribution in [0.5, 0.6) is 0 Å². The van der Waals surface area contributed by atoms with E-state index in [1.165, 1.54) is 6.21 Å². The van der Waals surface area contributed by atoms with Gasteiger partial charge in [-0.15, -0.1) is 0 Å². The number of furan rings is 1. The third-order valence-electron chi connectivity index (χ3n) is 3.33. The number of amides is 2. The predicted molar refractivity (Wildman–Crippen MR) is 88.6 cm³/mol. The van der Waals surface area contributed by atoms with E-state index in [0.717, 1.165) is 0 Å². The first-order chi connectivity index (χ1) is 11.6. The van der Waals surface area contributed by atoms with Gasteiger partial charge in [0.1, 0.15) is 10.5 Å². The van der Waals surface area contributed by atoms with Crippen molar-refractivity contribution >= 4 is 29.1 Å². The third-order valence-corrected chi connectivity index (χ3v) is 3.33. The molecule has 0 atom stereocenters. The Kier molecular flexibility index (Phi) is 3.94. The zero-order chi connectivity index (χ0) is 17.1. The predicted octanol–water partition coefficient (Wildman–Crippen LogP) is 3.01. The van der Waals surface area contributed by atoms with Gasteiger partial charge in [0.05, 0.1) is 6.21 Å². The monoisotopic (exact) mass is 324 g/mol. The summed E-state index contributed by atoms with van der Waals surface area (Å²) in [4.78, 5) is 21.5. The highest BCUT2D eigenvalue weighted by molar-refractivity contribution is 6.05. The number of hydrogen-bond acceptors (Lipinski definition) is 5. The van der Waals surface area contributed by atoms with Crippen LogP contribution in [0, 0.1) is 10.1 Å². The second-order valence-electron chi connectivity index (χ2n) is 4.86. The molecular formula is C16H12N4O4. The van der Waals surface area contributed by atoms with Crippen LogP contribution in [0.1, 0.15) is 5.56 Å². The van der Waals surface area contributed by atoms with Gasteiger partial charge in [-0.2, -0.15) is 5.10 Å². The molecule has 0 aliphatic carbocycles. The molecule has 0 aliphatic heterocycles. The highest BCUT2D eigenvalue weighted by Gasteiger charge is 2.26. The molecule has 0 bridgehead atoms. The Morgan fingerprint density at radius 3 is 2.62 bits per heavy atom. The molecule has 0 radical (unpaired) electrons. The van der Waals surface area contributed by atoms with Gasteiger partial charge in [0.2, 0.25) is 0 Å². The number of urea groups is 1. The first-order valence-corrected chi connectivity index (χ1v) is 6.91. The molecule has 0 fully saturated rings. The Hall–Kier alpha value is -3.68. The Morgan fingerprint density at radius 1 is 1.21 bits per heavy atom. The zero-order valence-corrected chi connectivity index (χ0v) is 12.3. The number of benzene rings is 2. The summed E-state index contributed by atoms with van der Waals surface area (Å²) in [6.07, 6.45) is 1.31. The van der Waals surface area contributed by atoms with Gasteiger partial charge in [-0.05, 0) is 11.6 Å². The number of fused-ring (bicyclic) bond motifs is 1. The number of hydrogen-bond donors (Lipinski definition) is 2. The molecule has 2 amide bonds. The highest BCUT2D eigenvalue weighted by atomic mass is 16.6. The maximum atomic E-state index is 11.4. The maximum Gasteiger partial charge on any atom is 0.442 e. The lowest BCUT2D eigenvalue weighted by molar-refractivity contribution is -0.400. The second-order valence-corrected chi connectivity index (χ2v) is 4.86. The summed E-state index contributed by atoms with van der Waals surface area (Å²) in [6, 6.07) is 13.3. The van der Waals surface area contributed by atoms with Crippen LogP contribution in [0.25, 0.3) is 22.1 Å². The summed E-state index contributed by atoms with van der Waals surface area (Å²) in [5.41, 5.74) is 8.86. The van der Waals surface area contributed by atoms with Crippen molar-refractivity contribution in [3.8, 4) is 11.1 Å². The standard InChI is InChI=1S/C16H12N4O4/c17-16(21)19-18-9-11-7-4-8-12-13(10-5-2-1-3-6-10)15(20(22)23)24-14(11)12/h1-9H,(H3,17,19,21). The number of nitrogens with two attached hydrogens (primary N) is 1. The fourth-order valence-electron chi connectivity index (χ4n) is 2.41. The number of carbonyl (C=O) groups excluding carboxylic acids is 1. The minimum Gasteiger partial charge on any atom is -0.399 e. The van der Waals surface area contributed by atoms with E-state index in [0.29, 0.717) is 27.7 Å². The molecule has 8 heteroatoms. The number of nitrogens with one attached hydrogen (secondary N) is 1. The first kappa shape index (κ1) is 15.2. The van der Waals surface area contributed by atoms with Gasteiger partial charge in [-0.1, -0.05) is 42.5 Å². The van der Waals surface area contributed by atoms with E-state index in [2.05, 4.69) is 10.5 Å². The molecule has 120 valence electrons. The largest absolute Gasteiger partial charge is 0.442 e. The molecule has 1 heterocycles. The minimum absolute atomic E-state index is 0.304. The number of carbonyl (C=O) groups is 1. The molecular weight excluding hydrogens is 312 g/mol. The fraction of sp³-hybridized carbons (Fsp3) is 0. The molecule has 0 unspecified atom stereocenters. The van der Waals surface area contributed by atoms with Crippen molar-refractivity contribution in [2.75, 3.05) is 0 Å². The van der Waals surface area contributed by atoms with Crippen molar-refractivity contribution < 1.29 is 14.1 Å². The molecule has 3 N–H and O–H groups in total. The minimum atomic E-state index is -0.811. The highest BCUT2D eigenvalue weighted by Crippen LogP contribution is 2.40. The third kappa shape index (κ3) is 2.80. The van der Waals surface area contributed by atoms with E-state index in [1.807, 2.05) is 6.07 Å². The lowest BCUT2D eigenvalue weighted by atomic mass is 10.0. The quantitative estimate of drug-likeness (QED) is 0.435. The maximum absolute atomic E-state index is 11.4. The molecule has 0 spiro atoms. The van der Waals surface area contributed by atoms with E-state index < -0.39 is 11.0 Å². The van der Waals surface area contributed by atoms with Gasteiger partial charge in [-0.25, -0.2) is 10.2 Å². The van der Waals surface area contributed by atoms with Gasteiger partial charge >= 0.3 is 11.9 Å². The van der Waals surface area contributed by atoms with E-state index >= 15 is 0 Å². The van der Waals surface area contributed by atoms with Crippen LogP contribution < -0.4 is 11.2 Å². The topological polar surface area (TPSA) is 124 Å². The Balaban J connectivity index is 2.21. The van der Waals surface area contributed by atoms with Crippen LogP contribution in [0.3, 0.4) is 0 Å². The van der Waals surface area contributed by atoms with Crippen molar-refractivity contribution in [3.63, 3.8) is 0 Å². The molecule has 3 rings (SSSR count). The lowest BCUT2D eigenvalue weighted by Crippen LogP contribution is -2.24. The second kappa shape index (κ2) is 6.21. The van der Waals surface area contributed by atoms with Gasteiger partial charge in [0.25, 0.3) is 0 Å². The Bertz CT molecular complexity index is 947. The van der Waals surface area contributed by atoms with Gasteiger partial charge in [0, 0.05) is 10.9 Å². The van der Waals surface area contributed by atoms with E-state index in [1.54, 1.807) is 42.5 Å². The Labute approximate surface area is 135 Å². The normalized spacial score (nSPS) is 11.0. The number of hydrazone groups is 1. The van der Waals surface area contributed by atoms with Crippen molar-refractivity contribution in [3.05, 3.63) is 64.2 Å². The average molecular weight is 324 g/mol.